The van der Waals surface area contributed by atoms with Crippen molar-refractivity contribution in [3.8, 4) is 0 Å². The summed E-state index contributed by atoms with van der Waals surface area (Å²) in [4.78, 5) is 36.4. The molecule has 0 spiro atoms. The number of nitrogens with one attached hydrogen (secondary N) is 1. The predicted octanol–water partition coefficient (Wildman–Crippen LogP) is 4.03. The average molecular weight is 472 g/mol. The Hall–Kier alpha value is -3.66. The monoisotopic (exact) mass is 471 g/mol. The highest BCUT2D eigenvalue weighted by Gasteiger charge is 2.36. The number of amides is 2. The van der Waals surface area contributed by atoms with E-state index in [1.807, 2.05) is 30.3 Å². The number of alkyl carbamates (subject to hydrolysis) is 1. The number of non-ortho nitro benzene ring substituents is 1. The maximum Gasteiger partial charge on any atom is 0.410 e. The first kappa shape index (κ1) is 25.0. The predicted molar refractivity (Wildman–Crippen MR) is 123 cm³/mol. The van der Waals surface area contributed by atoms with Crippen LogP contribution < -0.4 is 5.32 Å². The van der Waals surface area contributed by atoms with Gasteiger partial charge in [-0.1, -0.05) is 30.3 Å². The molecule has 0 radical (unpaired) electrons. The Balaban J connectivity index is 1.56. The van der Waals surface area contributed by atoms with Crippen molar-refractivity contribution in [3.63, 3.8) is 0 Å². The fourth-order valence-electron chi connectivity index (χ4n) is 3.74. The van der Waals surface area contributed by atoms with E-state index in [1.54, 1.807) is 24.0 Å². The van der Waals surface area contributed by atoms with E-state index in [9.17, 15) is 19.7 Å². The molecule has 1 N–H and O–H groups in total. The van der Waals surface area contributed by atoms with Gasteiger partial charge < -0.3 is 24.4 Å². The molecule has 0 saturated carbocycles. The van der Waals surface area contributed by atoms with E-state index in [0.717, 1.165) is 5.56 Å². The van der Waals surface area contributed by atoms with Gasteiger partial charge in [0.2, 0.25) is 0 Å². The molecule has 1 saturated heterocycles. The molecule has 0 bridgehead atoms. The third-order valence-electron chi connectivity index (χ3n) is 5.47. The van der Waals surface area contributed by atoms with Crippen molar-refractivity contribution in [1.82, 2.24) is 10.2 Å². The minimum atomic E-state index is -0.496. The first-order valence-corrected chi connectivity index (χ1v) is 11.2. The van der Waals surface area contributed by atoms with Gasteiger partial charge in [0.05, 0.1) is 30.8 Å². The lowest BCUT2D eigenvalue weighted by atomic mass is 10.1. The number of carbonyl (C=O) groups excluding carboxylic acids is 2. The van der Waals surface area contributed by atoms with Crippen LogP contribution in [0.4, 0.5) is 15.3 Å². The fourth-order valence-corrected chi connectivity index (χ4v) is 3.74. The van der Waals surface area contributed by atoms with Crippen molar-refractivity contribution in [2.45, 2.75) is 45.1 Å². The van der Waals surface area contributed by atoms with Gasteiger partial charge in [-0.25, -0.2) is 9.59 Å². The number of nitrogens with zero attached hydrogens (tertiary/aromatic N) is 2. The van der Waals surface area contributed by atoms with Crippen LogP contribution in [0.15, 0.2) is 54.6 Å². The number of ether oxygens (including phenoxy) is 3. The third kappa shape index (κ3) is 7.45. The molecule has 34 heavy (non-hydrogen) atoms. The molecule has 2 aromatic rings. The van der Waals surface area contributed by atoms with Crippen LogP contribution >= 0.6 is 0 Å². The number of benzene rings is 2. The molecule has 10 nitrogen and oxygen atoms in total. The van der Waals surface area contributed by atoms with Crippen LogP contribution in [0.1, 0.15) is 30.9 Å². The van der Waals surface area contributed by atoms with Crippen LogP contribution in [0.25, 0.3) is 0 Å². The van der Waals surface area contributed by atoms with Crippen molar-refractivity contribution in [2.24, 2.45) is 0 Å². The quantitative estimate of drug-likeness (QED) is 0.410. The van der Waals surface area contributed by atoms with Gasteiger partial charge in [0.1, 0.15) is 6.61 Å². The van der Waals surface area contributed by atoms with Crippen LogP contribution in [-0.2, 0) is 27.4 Å². The molecular weight excluding hydrogens is 442 g/mol. The second kappa shape index (κ2) is 12.5. The smallest absolute Gasteiger partial charge is 0.410 e. The molecule has 2 aromatic carbocycles. The van der Waals surface area contributed by atoms with E-state index >= 15 is 0 Å². The molecule has 2 amide bonds. The van der Waals surface area contributed by atoms with Crippen molar-refractivity contribution in [2.75, 3.05) is 19.7 Å². The summed E-state index contributed by atoms with van der Waals surface area (Å²) in [5.41, 5.74) is 1.67. The van der Waals surface area contributed by atoms with Crippen molar-refractivity contribution < 1.29 is 28.7 Å². The first-order chi connectivity index (χ1) is 16.5. The minimum absolute atomic E-state index is 0.00331. The van der Waals surface area contributed by atoms with Gasteiger partial charge in [-0.3, -0.25) is 10.1 Å². The molecule has 0 aliphatic carbocycles. The summed E-state index contributed by atoms with van der Waals surface area (Å²) in [6.45, 7) is 3.17. The molecule has 1 fully saturated rings. The van der Waals surface area contributed by atoms with E-state index in [1.165, 1.54) is 12.1 Å². The van der Waals surface area contributed by atoms with Gasteiger partial charge in [0.15, 0.2) is 0 Å². The van der Waals surface area contributed by atoms with Crippen LogP contribution in [0.2, 0.25) is 0 Å². The SMILES string of the molecule is CCOC(=O)NCC[C@H]1C[C@@H](OCc2ccccc2)CN1C(=O)OCc1ccc([N+](=O)[O-])cc1. The Kier molecular flexibility index (Phi) is 9.21. The zero-order valence-corrected chi connectivity index (χ0v) is 19.1. The summed E-state index contributed by atoms with van der Waals surface area (Å²) in [7, 11) is 0. The van der Waals surface area contributed by atoms with Crippen LogP contribution in [0.3, 0.4) is 0 Å². The fraction of sp³-hybridized carbons (Fsp3) is 0.417. The summed E-state index contributed by atoms with van der Waals surface area (Å²) in [5.74, 6) is 0. The maximum atomic E-state index is 12.9. The standard InChI is InChI=1S/C24H29N3O7/c1-2-32-23(28)25-13-12-21-14-22(33-16-18-6-4-3-5-7-18)15-26(21)24(29)34-17-19-8-10-20(11-9-19)27(30)31/h3-11,21-22H,2,12-17H2,1H3,(H,25,28)/t21-,22+/m0/s1. The molecule has 1 heterocycles. The van der Waals surface area contributed by atoms with Gasteiger partial charge in [-0.2, -0.15) is 0 Å². The number of hydrogen-bond donors (Lipinski definition) is 1. The van der Waals surface area contributed by atoms with E-state index in [2.05, 4.69) is 5.32 Å². The van der Waals surface area contributed by atoms with Gasteiger partial charge in [-0.05, 0) is 43.0 Å². The normalized spacial score (nSPS) is 17.3. The highest BCUT2D eigenvalue weighted by atomic mass is 16.6. The zero-order chi connectivity index (χ0) is 24.3. The largest absolute Gasteiger partial charge is 0.450 e. The van der Waals surface area contributed by atoms with Crippen molar-refractivity contribution in [1.29, 1.82) is 0 Å². The van der Waals surface area contributed by atoms with E-state index in [4.69, 9.17) is 14.2 Å². The number of hydrogen-bond acceptors (Lipinski definition) is 7. The second-order valence-corrected chi connectivity index (χ2v) is 7.87. The van der Waals surface area contributed by atoms with Crippen LogP contribution in [0, 0.1) is 10.1 Å². The Morgan fingerprint density at radius 1 is 1.06 bits per heavy atom. The molecule has 0 aromatic heterocycles. The molecule has 1 aliphatic rings. The summed E-state index contributed by atoms with van der Waals surface area (Å²) in [5, 5.41) is 13.5. The third-order valence-corrected chi connectivity index (χ3v) is 5.47. The molecular formula is C24H29N3O7. The van der Waals surface area contributed by atoms with Crippen LogP contribution in [0.5, 0.6) is 0 Å². The summed E-state index contributed by atoms with van der Waals surface area (Å²) >= 11 is 0. The van der Waals surface area contributed by atoms with Crippen LogP contribution in [-0.4, -0.2) is 53.9 Å². The highest BCUT2D eigenvalue weighted by Crippen LogP contribution is 2.25. The number of rotatable bonds is 10. The Bertz CT molecular complexity index is 953. The lowest BCUT2D eigenvalue weighted by Crippen LogP contribution is -2.38. The lowest BCUT2D eigenvalue weighted by Gasteiger charge is -2.23. The van der Waals surface area contributed by atoms with Gasteiger partial charge in [0, 0.05) is 24.7 Å². The minimum Gasteiger partial charge on any atom is -0.450 e. The zero-order valence-electron chi connectivity index (χ0n) is 19.1. The van der Waals surface area contributed by atoms with E-state index in [-0.39, 0.29) is 31.0 Å². The average Bonchev–Trinajstić information content (AvgIpc) is 3.25. The van der Waals surface area contributed by atoms with E-state index in [0.29, 0.717) is 38.1 Å². The number of carbonyl (C=O) groups is 2. The number of likely N-dealkylation sites (tertiary alicyclic amines) is 1. The molecule has 0 unspecified atom stereocenters. The molecule has 2 atom stereocenters. The second-order valence-electron chi connectivity index (χ2n) is 7.87. The summed E-state index contributed by atoms with van der Waals surface area (Å²) < 4.78 is 16.4. The van der Waals surface area contributed by atoms with Crippen molar-refractivity contribution >= 4 is 17.9 Å². The Labute approximate surface area is 197 Å². The molecule has 10 heteroatoms. The maximum absolute atomic E-state index is 12.9. The first-order valence-electron chi connectivity index (χ1n) is 11.2. The molecule has 182 valence electrons. The molecule has 1 aliphatic heterocycles. The Morgan fingerprint density at radius 3 is 2.44 bits per heavy atom. The molecule has 3 rings (SSSR count). The number of nitro groups is 1. The number of nitro benzene ring substituents is 1. The lowest BCUT2D eigenvalue weighted by molar-refractivity contribution is -0.384. The Morgan fingerprint density at radius 2 is 1.76 bits per heavy atom. The van der Waals surface area contributed by atoms with Crippen molar-refractivity contribution in [3.05, 3.63) is 75.8 Å². The van der Waals surface area contributed by atoms with Gasteiger partial charge in [0.25, 0.3) is 5.69 Å². The summed E-state index contributed by atoms with van der Waals surface area (Å²) in [6.07, 6.45) is -0.0182. The van der Waals surface area contributed by atoms with E-state index < -0.39 is 17.1 Å². The summed E-state index contributed by atoms with van der Waals surface area (Å²) in [6, 6.07) is 15.5. The topological polar surface area (TPSA) is 120 Å². The van der Waals surface area contributed by atoms with Gasteiger partial charge >= 0.3 is 12.2 Å². The van der Waals surface area contributed by atoms with Gasteiger partial charge in [-0.15, -0.1) is 0 Å². The highest BCUT2D eigenvalue weighted by molar-refractivity contribution is 5.69.